The van der Waals surface area contributed by atoms with Gasteiger partial charge in [-0.3, -0.25) is 4.79 Å². The SMILES string of the molecule is CCOC(=O)C(C)(Br)C(O)C1CCCCC1. The lowest BCUT2D eigenvalue weighted by Crippen LogP contribution is -2.47. The van der Waals surface area contributed by atoms with Gasteiger partial charge in [-0.05, 0) is 32.6 Å². The third-order valence-corrected chi connectivity index (χ3v) is 4.12. The molecule has 4 heteroatoms. The Morgan fingerprint density at radius 1 is 1.50 bits per heavy atom. The van der Waals surface area contributed by atoms with Crippen LogP contribution in [-0.2, 0) is 9.53 Å². The lowest BCUT2D eigenvalue weighted by atomic mass is 9.81. The highest BCUT2D eigenvalue weighted by atomic mass is 79.9. The van der Waals surface area contributed by atoms with E-state index in [-0.39, 0.29) is 11.9 Å². The molecular formula is C12H21BrO3. The number of ether oxygens (including phenoxy) is 1. The fourth-order valence-corrected chi connectivity index (χ4v) is 2.77. The lowest BCUT2D eigenvalue weighted by molar-refractivity contribution is -0.149. The van der Waals surface area contributed by atoms with Crippen molar-refractivity contribution in [2.24, 2.45) is 5.92 Å². The highest BCUT2D eigenvalue weighted by Crippen LogP contribution is 2.35. The second-order valence-electron chi connectivity index (χ2n) is 4.64. The second kappa shape index (κ2) is 6.01. The first-order valence-corrected chi connectivity index (χ1v) is 6.83. The highest BCUT2D eigenvalue weighted by Gasteiger charge is 2.43. The van der Waals surface area contributed by atoms with E-state index in [4.69, 9.17) is 4.74 Å². The van der Waals surface area contributed by atoms with Gasteiger partial charge in [0.2, 0.25) is 0 Å². The Balaban J connectivity index is 2.61. The van der Waals surface area contributed by atoms with Crippen molar-refractivity contribution >= 4 is 21.9 Å². The molecule has 0 radical (unpaired) electrons. The quantitative estimate of drug-likeness (QED) is 0.640. The molecule has 1 saturated carbocycles. The monoisotopic (exact) mass is 292 g/mol. The number of carbonyl (C=O) groups is 1. The van der Waals surface area contributed by atoms with Crippen LogP contribution in [0.5, 0.6) is 0 Å². The maximum absolute atomic E-state index is 11.7. The zero-order valence-corrected chi connectivity index (χ0v) is 11.6. The minimum atomic E-state index is -0.967. The van der Waals surface area contributed by atoms with E-state index in [1.807, 2.05) is 0 Å². The molecule has 1 N–H and O–H groups in total. The molecule has 3 nitrogen and oxygen atoms in total. The summed E-state index contributed by atoms with van der Waals surface area (Å²) in [6.07, 6.45) is 4.87. The van der Waals surface area contributed by atoms with Crippen molar-refractivity contribution < 1.29 is 14.6 Å². The van der Waals surface area contributed by atoms with Gasteiger partial charge < -0.3 is 9.84 Å². The van der Waals surface area contributed by atoms with Crippen molar-refractivity contribution in [3.8, 4) is 0 Å². The molecule has 1 rings (SSSR count). The van der Waals surface area contributed by atoms with Crippen LogP contribution in [0.4, 0.5) is 0 Å². The van der Waals surface area contributed by atoms with Crippen LogP contribution in [0, 0.1) is 5.92 Å². The molecule has 0 bridgehead atoms. The van der Waals surface area contributed by atoms with Gasteiger partial charge in [-0.25, -0.2) is 0 Å². The van der Waals surface area contributed by atoms with Gasteiger partial charge in [-0.1, -0.05) is 35.2 Å². The molecule has 1 fully saturated rings. The van der Waals surface area contributed by atoms with Crippen LogP contribution >= 0.6 is 15.9 Å². The minimum Gasteiger partial charge on any atom is -0.465 e. The summed E-state index contributed by atoms with van der Waals surface area (Å²) in [7, 11) is 0. The molecule has 0 saturated heterocycles. The number of hydrogen-bond acceptors (Lipinski definition) is 3. The molecule has 16 heavy (non-hydrogen) atoms. The van der Waals surface area contributed by atoms with E-state index in [9.17, 15) is 9.90 Å². The van der Waals surface area contributed by atoms with Crippen molar-refractivity contribution in [3.05, 3.63) is 0 Å². The molecule has 0 heterocycles. The predicted molar refractivity (Wildman–Crippen MR) is 66.5 cm³/mol. The Hall–Kier alpha value is -0.0900. The molecule has 94 valence electrons. The zero-order valence-electron chi connectivity index (χ0n) is 10.0. The van der Waals surface area contributed by atoms with E-state index in [0.717, 1.165) is 25.7 Å². The molecule has 0 aromatic rings. The summed E-state index contributed by atoms with van der Waals surface area (Å²) in [6, 6.07) is 0. The first-order valence-electron chi connectivity index (χ1n) is 6.04. The van der Waals surface area contributed by atoms with Crippen LogP contribution in [0.25, 0.3) is 0 Å². The van der Waals surface area contributed by atoms with Crippen molar-refractivity contribution in [3.63, 3.8) is 0 Å². The fraction of sp³-hybridized carbons (Fsp3) is 0.917. The number of esters is 1. The number of halogens is 1. The fourth-order valence-electron chi connectivity index (χ4n) is 2.29. The summed E-state index contributed by atoms with van der Waals surface area (Å²) in [6.45, 7) is 3.82. The van der Waals surface area contributed by atoms with E-state index in [1.165, 1.54) is 6.42 Å². The number of aliphatic hydroxyl groups is 1. The minimum absolute atomic E-state index is 0.211. The summed E-state index contributed by atoms with van der Waals surface area (Å²) in [5, 5.41) is 10.3. The Bertz CT molecular complexity index is 234. The number of aliphatic hydroxyl groups excluding tert-OH is 1. The second-order valence-corrected chi connectivity index (χ2v) is 6.29. The highest BCUT2D eigenvalue weighted by molar-refractivity contribution is 9.10. The Morgan fingerprint density at radius 2 is 2.06 bits per heavy atom. The molecule has 1 aliphatic rings. The third-order valence-electron chi connectivity index (χ3n) is 3.33. The van der Waals surface area contributed by atoms with Gasteiger partial charge in [0.15, 0.2) is 0 Å². The normalized spacial score (nSPS) is 23.5. The van der Waals surface area contributed by atoms with E-state index < -0.39 is 10.4 Å². The van der Waals surface area contributed by atoms with Crippen LogP contribution in [-0.4, -0.2) is 28.1 Å². The first kappa shape index (κ1) is 14.0. The van der Waals surface area contributed by atoms with Crippen LogP contribution in [0.3, 0.4) is 0 Å². The van der Waals surface area contributed by atoms with E-state index in [0.29, 0.717) is 6.61 Å². The molecule has 0 amide bonds. The molecule has 0 aromatic carbocycles. The maximum atomic E-state index is 11.7. The van der Waals surface area contributed by atoms with Crippen LogP contribution in [0.15, 0.2) is 0 Å². The summed E-state index contributed by atoms with van der Waals surface area (Å²) in [5.41, 5.74) is 0. The van der Waals surface area contributed by atoms with E-state index in [2.05, 4.69) is 15.9 Å². The molecule has 2 unspecified atom stereocenters. The topological polar surface area (TPSA) is 46.5 Å². The van der Waals surface area contributed by atoms with Gasteiger partial charge in [-0.2, -0.15) is 0 Å². The van der Waals surface area contributed by atoms with Crippen molar-refractivity contribution in [2.45, 2.75) is 56.4 Å². The summed E-state index contributed by atoms with van der Waals surface area (Å²) in [4.78, 5) is 11.7. The smallest absolute Gasteiger partial charge is 0.325 e. The van der Waals surface area contributed by atoms with Crippen LogP contribution < -0.4 is 0 Å². The Kier molecular flexibility index (Phi) is 5.25. The third kappa shape index (κ3) is 3.20. The molecule has 0 spiro atoms. The molecule has 0 aromatic heterocycles. The van der Waals surface area contributed by atoms with Crippen molar-refractivity contribution in [1.82, 2.24) is 0 Å². The van der Waals surface area contributed by atoms with Crippen LogP contribution in [0.2, 0.25) is 0 Å². The van der Waals surface area contributed by atoms with Gasteiger partial charge in [0.1, 0.15) is 4.32 Å². The Labute approximate surface area is 106 Å². The molecule has 2 atom stereocenters. The summed E-state index contributed by atoms with van der Waals surface area (Å²) >= 11 is 3.32. The Morgan fingerprint density at radius 3 is 2.56 bits per heavy atom. The average Bonchev–Trinajstić information content (AvgIpc) is 2.29. The van der Waals surface area contributed by atoms with E-state index >= 15 is 0 Å². The maximum Gasteiger partial charge on any atom is 0.325 e. The van der Waals surface area contributed by atoms with Crippen molar-refractivity contribution in [1.29, 1.82) is 0 Å². The van der Waals surface area contributed by atoms with Gasteiger partial charge in [-0.15, -0.1) is 0 Å². The average molecular weight is 293 g/mol. The number of rotatable bonds is 4. The number of carbonyl (C=O) groups excluding carboxylic acids is 1. The predicted octanol–water partition coefficient (Wildman–Crippen LogP) is 2.64. The van der Waals surface area contributed by atoms with Gasteiger partial charge in [0.25, 0.3) is 0 Å². The van der Waals surface area contributed by atoms with Gasteiger partial charge in [0, 0.05) is 0 Å². The van der Waals surface area contributed by atoms with Crippen molar-refractivity contribution in [2.75, 3.05) is 6.61 Å². The number of hydrogen-bond donors (Lipinski definition) is 1. The molecule has 1 aliphatic carbocycles. The number of alkyl halides is 1. The molecule has 0 aliphatic heterocycles. The van der Waals surface area contributed by atoms with Gasteiger partial charge in [0.05, 0.1) is 12.7 Å². The summed E-state index contributed by atoms with van der Waals surface area (Å²) < 4.78 is 4.01. The van der Waals surface area contributed by atoms with Gasteiger partial charge >= 0.3 is 5.97 Å². The first-order chi connectivity index (χ1) is 7.50. The lowest BCUT2D eigenvalue weighted by Gasteiger charge is -2.34. The van der Waals surface area contributed by atoms with E-state index in [1.54, 1.807) is 13.8 Å². The van der Waals surface area contributed by atoms with Crippen LogP contribution in [0.1, 0.15) is 46.0 Å². The molecular weight excluding hydrogens is 272 g/mol. The standard InChI is InChI=1S/C12H21BrO3/c1-3-16-11(15)12(2,13)10(14)9-7-5-4-6-8-9/h9-10,14H,3-8H2,1-2H3. The largest absolute Gasteiger partial charge is 0.465 e. The summed E-state index contributed by atoms with van der Waals surface area (Å²) in [5.74, 6) is -0.157. The zero-order chi connectivity index (χ0) is 12.2.